The predicted octanol–water partition coefficient (Wildman–Crippen LogP) is 5.35. The van der Waals surface area contributed by atoms with Crippen LogP contribution in [0.15, 0.2) is 36.7 Å². The van der Waals surface area contributed by atoms with E-state index in [1.807, 2.05) is 36.7 Å². The van der Waals surface area contributed by atoms with Crippen molar-refractivity contribution in [2.45, 2.75) is 19.9 Å². The van der Waals surface area contributed by atoms with Crippen LogP contribution in [0.1, 0.15) is 23.7 Å². The molecular weight excluding hydrogens is 353 g/mol. The van der Waals surface area contributed by atoms with E-state index in [4.69, 9.17) is 23.2 Å². The van der Waals surface area contributed by atoms with Crippen LogP contribution in [0, 0.1) is 0 Å². The van der Waals surface area contributed by atoms with E-state index in [2.05, 4.69) is 34.6 Å². The monoisotopic (exact) mass is 371 g/mol. The lowest BCUT2D eigenvalue weighted by Gasteiger charge is -2.23. The van der Waals surface area contributed by atoms with Crippen molar-refractivity contribution >= 4 is 45.9 Å². The van der Waals surface area contributed by atoms with Gasteiger partial charge in [0, 0.05) is 49.2 Å². The second-order valence-corrected chi connectivity index (χ2v) is 7.43. The van der Waals surface area contributed by atoms with Gasteiger partial charge in [-0.15, -0.1) is 0 Å². The maximum absolute atomic E-state index is 6.32. The number of aromatic nitrogens is 2. The van der Waals surface area contributed by atoms with E-state index in [1.54, 1.807) is 0 Å². The lowest BCUT2D eigenvalue weighted by Crippen LogP contribution is -2.26. The summed E-state index contributed by atoms with van der Waals surface area (Å²) in [5, 5.41) is 2.39. The molecule has 3 aromatic rings. The first-order valence-corrected chi connectivity index (χ1v) is 9.08. The van der Waals surface area contributed by atoms with Crippen molar-refractivity contribution in [2.24, 2.45) is 0 Å². The number of hydrogen-bond acceptors (Lipinski definition) is 2. The Balaban J connectivity index is 1.96. The highest BCUT2D eigenvalue weighted by atomic mass is 35.5. The molecule has 0 aliphatic carbocycles. The Bertz CT molecular complexity index is 974. The van der Waals surface area contributed by atoms with Crippen molar-refractivity contribution < 1.29 is 0 Å². The molecule has 1 aromatic carbocycles. The van der Waals surface area contributed by atoms with Gasteiger partial charge in [-0.1, -0.05) is 23.2 Å². The number of likely N-dealkylation sites (N-methyl/N-ethyl adjacent to an activating group) is 1. The average Bonchev–Trinajstić information content (AvgIpc) is 2.89. The van der Waals surface area contributed by atoms with Crippen molar-refractivity contribution in [3.63, 3.8) is 0 Å². The fourth-order valence-corrected chi connectivity index (χ4v) is 3.87. The van der Waals surface area contributed by atoms with Crippen LogP contribution >= 0.6 is 23.2 Å². The van der Waals surface area contributed by atoms with E-state index >= 15 is 0 Å². The van der Waals surface area contributed by atoms with E-state index in [0.717, 1.165) is 25.0 Å². The van der Waals surface area contributed by atoms with Crippen LogP contribution in [-0.2, 0) is 13.0 Å². The summed E-state index contributed by atoms with van der Waals surface area (Å²) >= 11 is 12.6. The SMILES string of the molecule is C/C(=C\n1c2c(c3cc(Cl)c(Cl)cc31)CN(C)CC2)c1ccncc1. The minimum atomic E-state index is 0.591. The highest BCUT2D eigenvalue weighted by molar-refractivity contribution is 6.42. The van der Waals surface area contributed by atoms with Crippen LogP contribution in [-0.4, -0.2) is 28.0 Å². The van der Waals surface area contributed by atoms with E-state index in [0.29, 0.717) is 10.0 Å². The minimum absolute atomic E-state index is 0.591. The summed E-state index contributed by atoms with van der Waals surface area (Å²) in [5.74, 6) is 0. The van der Waals surface area contributed by atoms with E-state index < -0.39 is 0 Å². The molecule has 0 bridgehead atoms. The zero-order valence-corrected chi connectivity index (χ0v) is 15.8. The third-order valence-corrected chi connectivity index (χ3v) is 5.60. The van der Waals surface area contributed by atoms with Gasteiger partial charge in [-0.2, -0.15) is 0 Å². The average molecular weight is 372 g/mol. The van der Waals surface area contributed by atoms with Gasteiger partial charge in [0.1, 0.15) is 0 Å². The molecule has 4 rings (SSSR count). The zero-order chi connectivity index (χ0) is 17.6. The lowest BCUT2D eigenvalue weighted by atomic mass is 10.1. The molecular formula is C20H19Cl2N3. The van der Waals surface area contributed by atoms with Crippen LogP contribution in [0.4, 0.5) is 0 Å². The quantitative estimate of drug-likeness (QED) is 0.605. The number of pyridine rings is 1. The van der Waals surface area contributed by atoms with E-state index in [-0.39, 0.29) is 0 Å². The predicted molar refractivity (Wildman–Crippen MR) is 106 cm³/mol. The summed E-state index contributed by atoms with van der Waals surface area (Å²) in [6, 6.07) is 8.04. The third-order valence-electron chi connectivity index (χ3n) is 4.88. The van der Waals surface area contributed by atoms with Crippen molar-refractivity contribution in [1.82, 2.24) is 14.5 Å². The Morgan fingerprint density at radius 1 is 1.16 bits per heavy atom. The number of fused-ring (bicyclic) bond motifs is 3. The highest BCUT2D eigenvalue weighted by Crippen LogP contribution is 2.36. The summed E-state index contributed by atoms with van der Waals surface area (Å²) in [6.45, 7) is 4.10. The molecule has 0 fully saturated rings. The molecule has 0 radical (unpaired) electrons. The zero-order valence-electron chi connectivity index (χ0n) is 14.3. The highest BCUT2D eigenvalue weighted by Gasteiger charge is 2.22. The Morgan fingerprint density at radius 2 is 1.88 bits per heavy atom. The summed E-state index contributed by atoms with van der Waals surface area (Å²) in [6.07, 6.45) is 6.85. The topological polar surface area (TPSA) is 21.1 Å². The molecule has 1 aliphatic rings. The van der Waals surface area contributed by atoms with Crippen molar-refractivity contribution in [3.05, 3.63) is 63.5 Å². The molecule has 0 saturated carbocycles. The smallest absolute Gasteiger partial charge is 0.0613 e. The van der Waals surface area contributed by atoms with E-state index in [1.165, 1.54) is 27.8 Å². The molecule has 5 heteroatoms. The van der Waals surface area contributed by atoms with Gasteiger partial charge >= 0.3 is 0 Å². The molecule has 0 atom stereocenters. The summed E-state index contributed by atoms with van der Waals surface area (Å²) in [7, 11) is 2.15. The third kappa shape index (κ3) is 2.97. The molecule has 25 heavy (non-hydrogen) atoms. The van der Waals surface area contributed by atoms with Gasteiger partial charge in [0.15, 0.2) is 0 Å². The molecule has 0 N–H and O–H groups in total. The van der Waals surface area contributed by atoms with Gasteiger partial charge in [0.2, 0.25) is 0 Å². The standard InChI is InChI=1S/C20H19Cl2N3/c1-13(14-3-6-23-7-4-14)11-25-19-5-8-24(2)12-16(19)15-9-17(21)18(22)10-20(15)25/h3-4,6-7,9-11H,5,8,12H2,1-2H3/b13-11+. The number of rotatable bonds is 2. The molecule has 3 heterocycles. The van der Waals surface area contributed by atoms with Crippen LogP contribution in [0.25, 0.3) is 22.7 Å². The Labute approximate surface area is 157 Å². The number of benzene rings is 1. The first-order chi connectivity index (χ1) is 12.0. The Kier molecular flexibility index (Phi) is 4.32. The summed E-state index contributed by atoms with van der Waals surface area (Å²) in [4.78, 5) is 6.44. The van der Waals surface area contributed by atoms with Gasteiger partial charge in [-0.3, -0.25) is 4.98 Å². The van der Waals surface area contributed by atoms with Gasteiger partial charge in [-0.25, -0.2) is 0 Å². The molecule has 0 spiro atoms. The second-order valence-electron chi connectivity index (χ2n) is 6.61. The van der Waals surface area contributed by atoms with Crippen LogP contribution in [0.5, 0.6) is 0 Å². The largest absolute Gasteiger partial charge is 0.320 e. The van der Waals surface area contributed by atoms with Crippen LogP contribution in [0.3, 0.4) is 0 Å². The van der Waals surface area contributed by atoms with Crippen LogP contribution < -0.4 is 0 Å². The molecule has 0 amide bonds. The molecule has 2 aromatic heterocycles. The van der Waals surface area contributed by atoms with Gasteiger partial charge in [-0.05, 0) is 54.9 Å². The number of nitrogens with zero attached hydrogens (tertiary/aromatic N) is 3. The summed E-state index contributed by atoms with van der Waals surface area (Å²) in [5.41, 5.74) is 6.16. The van der Waals surface area contributed by atoms with Gasteiger partial charge < -0.3 is 9.47 Å². The number of hydrogen-bond donors (Lipinski definition) is 0. The van der Waals surface area contributed by atoms with Gasteiger partial charge in [0.25, 0.3) is 0 Å². The van der Waals surface area contributed by atoms with Gasteiger partial charge in [0.05, 0.1) is 15.6 Å². The fraction of sp³-hybridized carbons (Fsp3) is 0.250. The molecule has 3 nitrogen and oxygen atoms in total. The van der Waals surface area contributed by atoms with Crippen molar-refractivity contribution in [3.8, 4) is 0 Å². The minimum Gasteiger partial charge on any atom is -0.320 e. The Hall–Kier alpha value is -1.81. The molecule has 1 aliphatic heterocycles. The molecule has 0 unspecified atom stereocenters. The normalized spacial score (nSPS) is 15.6. The first-order valence-electron chi connectivity index (χ1n) is 8.32. The maximum Gasteiger partial charge on any atom is 0.0613 e. The maximum atomic E-state index is 6.32. The lowest BCUT2D eigenvalue weighted by molar-refractivity contribution is 0.312. The molecule has 0 saturated heterocycles. The number of halogens is 2. The van der Waals surface area contributed by atoms with E-state index in [9.17, 15) is 0 Å². The summed E-state index contributed by atoms with van der Waals surface area (Å²) < 4.78 is 2.29. The van der Waals surface area contributed by atoms with Crippen LogP contribution in [0.2, 0.25) is 10.0 Å². The second kappa shape index (κ2) is 6.49. The van der Waals surface area contributed by atoms with Crippen molar-refractivity contribution in [2.75, 3.05) is 13.6 Å². The van der Waals surface area contributed by atoms with Crippen molar-refractivity contribution in [1.29, 1.82) is 0 Å². The first kappa shape index (κ1) is 16.6. The fourth-order valence-electron chi connectivity index (χ4n) is 3.55. The molecule has 128 valence electrons. The number of allylic oxidation sites excluding steroid dienone is 1. The Morgan fingerprint density at radius 3 is 2.64 bits per heavy atom.